The second-order valence-electron chi connectivity index (χ2n) is 4.28. The second kappa shape index (κ2) is 7.28. The molecule has 100 valence electrons. The van der Waals surface area contributed by atoms with Crippen molar-refractivity contribution in [2.75, 3.05) is 18.1 Å². The Morgan fingerprint density at radius 2 is 2.06 bits per heavy atom. The highest BCUT2D eigenvalue weighted by Gasteiger charge is 2.07. The van der Waals surface area contributed by atoms with Gasteiger partial charge in [-0.05, 0) is 18.6 Å². The van der Waals surface area contributed by atoms with Crippen LogP contribution in [-0.2, 0) is 22.1 Å². The number of hydrogen-bond donors (Lipinski definition) is 2. The Hall–Kier alpha value is -1.20. The third-order valence-corrected chi connectivity index (χ3v) is 3.94. The first kappa shape index (κ1) is 14.9. The molecule has 1 aromatic carbocycles. The average molecular weight is 268 g/mol. The van der Waals surface area contributed by atoms with Gasteiger partial charge in [-0.2, -0.15) is 0 Å². The van der Waals surface area contributed by atoms with Gasteiger partial charge in [0.2, 0.25) is 5.91 Å². The van der Waals surface area contributed by atoms with E-state index in [4.69, 9.17) is 0 Å². The topological polar surface area (TPSA) is 58.2 Å². The number of amides is 1. The molecule has 2 unspecified atom stereocenters. The zero-order valence-corrected chi connectivity index (χ0v) is 11.8. The summed E-state index contributed by atoms with van der Waals surface area (Å²) in [5, 5.41) is 6.17. The first-order valence-corrected chi connectivity index (χ1v) is 7.51. The fourth-order valence-electron chi connectivity index (χ4n) is 1.51. The summed E-state index contributed by atoms with van der Waals surface area (Å²) < 4.78 is 11.2. The van der Waals surface area contributed by atoms with Crippen molar-refractivity contribution in [3.8, 4) is 0 Å². The van der Waals surface area contributed by atoms with Crippen molar-refractivity contribution in [2.45, 2.75) is 25.6 Å². The molecule has 0 bridgehead atoms. The van der Waals surface area contributed by atoms with E-state index in [0.717, 1.165) is 11.3 Å². The van der Waals surface area contributed by atoms with Gasteiger partial charge in [-0.3, -0.25) is 9.00 Å². The lowest BCUT2D eigenvalue weighted by molar-refractivity contribution is -0.114. The molecule has 0 fully saturated rings. The Balaban J connectivity index is 2.56. The molecule has 0 saturated carbocycles. The average Bonchev–Trinajstić information content (AvgIpc) is 2.30. The van der Waals surface area contributed by atoms with Gasteiger partial charge >= 0.3 is 0 Å². The number of benzene rings is 1. The van der Waals surface area contributed by atoms with Crippen LogP contribution in [0.2, 0.25) is 0 Å². The molecular weight excluding hydrogens is 248 g/mol. The fourth-order valence-corrected chi connectivity index (χ4v) is 1.87. The summed E-state index contributed by atoms with van der Waals surface area (Å²) in [7, 11) is -0.815. The molecule has 4 nitrogen and oxygen atoms in total. The standard InChI is InChI=1S/C13H20N2O2S/c1-10(18(3)17)8-14-9-12-6-4-5-7-13(12)15-11(2)16/h4-7,10,14H,8-9H2,1-3H3,(H,15,16). The van der Waals surface area contributed by atoms with Crippen molar-refractivity contribution in [3.05, 3.63) is 29.8 Å². The molecule has 0 aromatic heterocycles. The molecule has 0 aliphatic heterocycles. The van der Waals surface area contributed by atoms with Crippen LogP contribution < -0.4 is 10.6 Å². The summed E-state index contributed by atoms with van der Waals surface area (Å²) in [6.45, 7) is 4.78. The number of hydrogen-bond acceptors (Lipinski definition) is 3. The number of anilines is 1. The number of carbonyl (C=O) groups is 1. The normalized spacial score (nSPS) is 13.9. The van der Waals surface area contributed by atoms with Gasteiger partial charge in [-0.1, -0.05) is 18.2 Å². The van der Waals surface area contributed by atoms with Gasteiger partial charge in [0.15, 0.2) is 0 Å². The van der Waals surface area contributed by atoms with Gasteiger partial charge in [-0.15, -0.1) is 0 Å². The molecule has 0 spiro atoms. The Bertz CT molecular complexity index is 435. The molecule has 2 N–H and O–H groups in total. The Morgan fingerprint density at radius 1 is 1.39 bits per heavy atom. The second-order valence-corrected chi connectivity index (χ2v) is 6.08. The highest BCUT2D eigenvalue weighted by molar-refractivity contribution is 7.84. The van der Waals surface area contributed by atoms with Crippen molar-refractivity contribution >= 4 is 22.4 Å². The zero-order chi connectivity index (χ0) is 13.5. The van der Waals surface area contributed by atoms with Crippen molar-refractivity contribution in [2.24, 2.45) is 0 Å². The quantitative estimate of drug-likeness (QED) is 0.822. The molecule has 1 aromatic rings. The molecule has 1 rings (SSSR count). The van der Waals surface area contributed by atoms with Crippen LogP contribution in [-0.4, -0.2) is 28.2 Å². The third-order valence-electron chi connectivity index (χ3n) is 2.64. The molecule has 2 atom stereocenters. The van der Waals surface area contributed by atoms with Gasteiger partial charge in [-0.25, -0.2) is 0 Å². The van der Waals surface area contributed by atoms with Crippen molar-refractivity contribution in [1.29, 1.82) is 0 Å². The van der Waals surface area contributed by atoms with Crippen LogP contribution in [0.15, 0.2) is 24.3 Å². The molecule has 1 amide bonds. The van der Waals surface area contributed by atoms with E-state index in [1.807, 2.05) is 31.2 Å². The van der Waals surface area contributed by atoms with E-state index < -0.39 is 10.8 Å². The number of carbonyl (C=O) groups excluding carboxylic acids is 1. The summed E-state index contributed by atoms with van der Waals surface area (Å²) in [4.78, 5) is 11.1. The van der Waals surface area contributed by atoms with Crippen LogP contribution in [0.1, 0.15) is 19.4 Å². The molecule has 0 saturated heterocycles. The van der Waals surface area contributed by atoms with Gasteiger partial charge in [0.1, 0.15) is 0 Å². The van der Waals surface area contributed by atoms with Crippen LogP contribution in [0.25, 0.3) is 0 Å². The van der Waals surface area contributed by atoms with Gasteiger partial charge in [0, 0.05) is 48.0 Å². The van der Waals surface area contributed by atoms with Crippen molar-refractivity contribution in [3.63, 3.8) is 0 Å². The number of para-hydroxylation sites is 1. The molecular formula is C13H20N2O2S. The number of rotatable bonds is 6. The summed E-state index contributed by atoms with van der Waals surface area (Å²) in [6, 6.07) is 7.66. The summed E-state index contributed by atoms with van der Waals surface area (Å²) in [5.41, 5.74) is 1.85. The maximum Gasteiger partial charge on any atom is 0.221 e. The van der Waals surface area contributed by atoms with E-state index in [1.54, 1.807) is 6.26 Å². The summed E-state index contributed by atoms with van der Waals surface area (Å²) in [6.07, 6.45) is 1.71. The van der Waals surface area contributed by atoms with Crippen molar-refractivity contribution < 1.29 is 9.00 Å². The van der Waals surface area contributed by atoms with E-state index in [0.29, 0.717) is 13.1 Å². The van der Waals surface area contributed by atoms with Crippen LogP contribution >= 0.6 is 0 Å². The summed E-state index contributed by atoms with van der Waals surface area (Å²) >= 11 is 0. The predicted molar refractivity (Wildman–Crippen MR) is 76.0 cm³/mol. The van der Waals surface area contributed by atoms with E-state index in [9.17, 15) is 9.00 Å². The third kappa shape index (κ3) is 4.98. The molecule has 18 heavy (non-hydrogen) atoms. The zero-order valence-electron chi connectivity index (χ0n) is 11.0. The first-order valence-electron chi connectivity index (χ1n) is 5.89. The smallest absolute Gasteiger partial charge is 0.221 e. The Labute approximate surface area is 111 Å². The van der Waals surface area contributed by atoms with Crippen LogP contribution in [0.5, 0.6) is 0 Å². The fraction of sp³-hybridized carbons (Fsp3) is 0.462. The van der Waals surface area contributed by atoms with E-state index in [2.05, 4.69) is 10.6 Å². The maximum atomic E-state index is 11.2. The molecule has 5 heteroatoms. The van der Waals surface area contributed by atoms with Crippen LogP contribution in [0, 0.1) is 0 Å². The lowest BCUT2D eigenvalue weighted by atomic mass is 10.1. The van der Waals surface area contributed by atoms with E-state index >= 15 is 0 Å². The monoisotopic (exact) mass is 268 g/mol. The lowest BCUT2D eigenvalue weighted by Gasteiger charge is -2.13. The van der Waals surface area contributed by atoms with E-state index in [1.165, 1.54) is 6.92 Å². The molecule has 0 radical (unpaired) electrons. The molecule has 0 heterocycles. The minimum atomic E-state index is -0.815. The molecule has 0 aliphatic rings. The Kier molecular flexibility index (Phi) is 6.01. The van der Waals surface area contributed by atoms with Gasteiger partial charge < -0.3 is 10.6 Å². The van der Waals surface area contributed by atoms with Gasteiger partial charge in [0.05, 0.1) is 0 Å². The predicted octanol–water partition coefficient (Wildman–Crippen LogP) is 1.50. The number of nitrogens with one attached hydrogen (secondary N) is 2. The van der Waals surface area contributed by atoms with Crippen molar-refractivity contribution in [1.82, 2.24) is 5.32 Å². The SMILES string of the molecule is CC(=O)Nc1ccccc1CNCC(C)S(C)=O. The minimum absolute atomic E-state index is 0.0783. The van der Waals surface area contributed by atoms with Crippen LogP contribution in [0.4, 0.5) is 5.69 Å². The lowest BCUT2D eigenvalue weighted by Crippen LogP contribution is -2.27. The highest BCUT2D eigenvalue weighted by atomic mass is 32.2. The summed E-state index contributed by atoms with van der Waals surface area (Å²) in [5.74, 6) is -0.0783. The van der Waals surface area contributed by atoms with E-state index in [-0.39, 0.29) is 11.2 Å². The highest BCUT2D eigenvalue weighted by Crippen LogP contribution is 2.14. The maximum absolute atomic E-state index is 11.2. The largest absolute Gasteiger partial charge is 0.326 e. The Morgan fingerprint density at radius 3 is 2.67 bits per heavy atom. The van der Waals surface area contributed by atoms with Crippen LogP contribution in [0.3, 0.4) is 0 Å². The molecule has 0 aliphatic carbocycles. The van der Waals surface area contributed by atoms with Gasteiger partial charge in [0.25, 0.3) is 0 Å². The first-order chi connectivity index (χ1) is 8.50. The minimum Gasteiger partial charge on any atom is -0.326 e.